The Kier molecular flexibility index (Phi) is 3.12. The molecular weight excluding hydrogens is 280 g/mol. The van der Waals surface area contributed by atoms with Gasteiger partial charge < -0.3 is 4.90 Å². The fourth-order valence-corrected chi connectivity index (χ4v) is 3.23. The zero-order chi connectivity index (χ0) is 14.1. The van der Waals surface area contributed by atoms with Crippen molar-refractivity contribution >= 4 is 17.2 Å². The zero-order valence-corrected chi connectivity index (χ0v) is 12.3. The fraction of sp³-hybridized carbons (Fsp3) is 0.188. The number of rotatable bonds is 2. The number of thiazole rings is 1. The highest BCUT2D eigenvalue weighted by molar-refractivity contribution is 7.12. The first-order valence-electron chi connectivity index (χ1n) is 6.95. The van der Waals surface area contributed by atoms with E-state index in [4.69, 9.17) is 0 Å². The molecule has 0 aliphatic carbocycles. The van der Waals surface area contributed by atoms with Gasteiger partial charge in [-0.25, -0.2) is 15.0 Å². The van der Waals surface area contributed by atoms with Crippen LogP contribution in [-0.4, -0.2) is 21.5 Å². The van der Waals surface area contributed by atoms with Crippen LogP contribution in [0.3, 0.4) is 0 Å². The van der Waals surface area contributed by atoms with E-state index in [1.54, 1.807) is 17.5 Å². The van der Waals surface area contributed by atoms with E-state index in [0.29, 0.717) is 5.82 Å². The normalized spacial score (nSPS) is 14.0. The maximum atomic E-state index is 4.67. The zero-order valence-electron chi connectivity index (χ0n) is 11.4. The van der Waals surface area contributed by atoms with Crippen molar-refractivity contribution in [3.63, 3.8) is 0 Å². The van der Waals surface area contributed by atoms with E-state index in [1.165, 1.54) is 11.1 Å². The third kappa shape index (κ3) is 2.40. The summed E-state index contributed by atoms with van der Waals surface area (Å²) in [5.41, 5.74) is 2.83. The van der Waals surface area contributed by atoms with Gasteiger partial charge >= 0.3 is 0 Å². The van der Waals surface area contributed by atoms with Crippen LogP contribution in [0.4, 0.5) is 5.82 Å². The average Bonchev–Trinajstić information content (AvgIpc) is 3.09. The van der Waals surface area contributed by atoms with Crippen LogP contribution in [0, 0.1) is 0 Å². The van der Waals surface area contributed by atoms with E-state index < -0.39 is 0 Å². The smallest absolute Gasteiger partial charge is 0.190 e. The summed E-state index contributed by atoms with van der Waals surface area (Å²) in [4.78, 5) is 15.6. The Morgan fingerprint density at radius 1 is 1.00 bits per heavy atom. The van der Waals surface area contributed by atoms with Crippen molar-refractivity contribution in [2.45, 2.75) is 13.0 Å². The van der Waals surface area contributed by atoms with E-state index in [2.05, 4.69) is 44.1 Å². The molecule has 0 fully saturated rings. The largest absolute Gasteiger partial charge is 0.352 e. The van der Waals surface area contributed by atoms with Crippen molar-refractivity contribution in [1.82, 2.24) is 15.0 Å². The van der Waals surface area contributed by atoms with E-state index >= 15 is 0 Å². The van der Waals surface area contributed by atoms with Gasteiger partial charge in [0.2, 0.25) is 0 Å². The molecule has 1 aliphatic rings. The van der Waals surface area contributed by atoms with Crippen LogP contribution in [0.1, 0.15) is 11.1 Å². The maximum absolute atomic E-state index is 4.67. The maximum Gasteiger partial charge on any atom is 0.190 e. The van der Waals surface area contributed by atoms with Gasteiger partial charge in [0.1, 0.15) is 5.82 Å². The van der Waals surface area contributed by atoms with Gasteiger partial charge in [-0.05, 0) is 23.6 Å². The summed E-state index contributed by atoms with van der Waals surface area (Å²) in [6.07, 6.45) is 4.67. The first-order chi connectivity index (χ1) is 10.4. The van der Waals surface area contributed by atoms with Gasteiger partial charge in [0.15, 0.2) is 10.8 Å². The predicted molar refractivity (Wildman–Crippen MR) is 84.3 cm³/mol. The molecule has 21 heavy (non-hydrogen) atoms. The van der Waals surface area contributed by atoms with Crippen LogP contribution in [0.15, 0.2) is 48.1 Å². The van der Waals surface area contributed by atoms with Gasteiger partial charge in [-0.1, -0.05) is 24.3 Å². The second-order valence-electron chi connectivity index (χ2n) is 5.02. The summed E-state index contributed by atoms with van der Waals surface area (Å²) >= 11 is 1.57. The van der Waals surface area contributed by atoms with E-state index in [1.807, 2.05) is 17.6 Å². The Morgan fingerprint density at radius 3 is 2.76 bits per heavy atom. The molecule has 0 unspecified atom stereocenters. The SMILES string of the molecule is c1ccc2c(c1)CCN(c1ccnc(-c3nccs3)n1)C2. The minimum absolute atomic E-state index is 0.710. The van der Waals surface area contributed by atoms with Gasteiger partial charge in [0.05, 0.1) is 0 Å². The molecule has 5 heteroatoms. The lowest BCUT2D eigenvalue weighted by atomic mass is 10.00. The lowest BCUT2D eigenvalue weighted by molar-refractivity contribution is 0.720. The van der Waals surface area contributed by atoms with Crippen molar-refractivity contribution < 1.29 is 0 Å². The number of nitrogens with zero attached hydrogens (tertiary/aromatic N) is 4. The molecule has 3 aromatic rings. The summed E-state index contributed by atoms with van der Waals surface area (Å²) in [7, 11) is 0. The molecule has 0 saturated heterocycles. The van der Waals surface area contributed by atoms with Crippen molar-refractivity contribution in [2.75, 3.05) is 11.4 Å². The Balaban J connectivity index is 1.65. The third-order valence-electron chi connectivity index (χ3n) is 3.72. The molecule has 4 rings (SSSR count). The molecule has 0 saturated carbocycles. The molecule has 0 atom stereocenters. The van der Waals surface area contributed by atoms with Crippen molar-refractivity contribution in [1.29, 1.82) is 0 Å². The van der Waals surface area contributed by atoms with Gasteiger partial charge in [0, 0.05) is 30.9 Å². The standard InChI is InChI=1S/C16H14N4S/c1-2-4-13-11-20(9-6-12(13)3-1)14-5-7-17-15(19-14)16-18-8-10-21-16/h1-5,7-8,10H,6,9,11H2. The minimum atomic E-state index is 0.710. The first-order valence-corrected chi connectivity index (χ1v) is 7.83. The highest BCUT2D eigenvalue weighted by atomic mass is 32.1. The summed E-state index contributed by atoms with van der Waals surface area (Å²) in [5, 5.41) is 2.82. The summed E-state index contributed by atoms with van der Waals surface area (Å²) in [6.45, 7) is 1.90. The molecule has 104 valence electrons. The van der Waals surface area contributed by atoms with Gasteiger partial charge in [0.25, 0.3) is 0 Å². The fourth-order valence-electron chi connectivity index (χ4n) is 2.65. The Bertz CT molecular complexity index is 754. The molecular formula is C16H14N4S. The van der Waals surface area contributed by atoms with Crippen molar-refractivity contribution in [2.24, 2.45) is 0 Å². The number of benzene rings is 1. The average molecular weight is 294 g/mol. The lowest BCUT2D eigenvalue weighted by Crippen LogP contribution is -2.31. The van der Waals surface area contributed by atoms with Crippen LogP contribution in [-0.2, 0) is 13.0 Å². The molecule has 0 bridgehead atoms. The quantitative estimate of drug-likeness (QED) is 0.728. The number of fused-ring (bicyclic) bond motifs is 1. The van der Waals surface area contributed by atoms with E-state index in [0.717, 1.165) is 30.3 Å². The topological polar surface area (TPSA) is 41.9 Å². The molecule has 0 spiro atoms. The van der Waals surface area contributed by atoms with Crippen molar-refractivity contribution in [3.05, 3.63) is 59.2 Å². The Hall–Kier alpha value is -2.27. The minimum Gasteiger partial charge on any atom is -0.352 e. The Labute approximate surface area is 127 Å². The molecule has 3 heterocycles. The van der Waals surface area contributed by atoms with Crippen LogP contribution in [0.2, 0.25) is 0 Å². The molecule has 1 aliphatic heterocycles. The summed E-state index contributed by atoms with van der Waals surface area (Å²) in [6, 6.07) is 10.6. The number of anilines is 1. The second kappa shape index (κ2) is 5.26. The monoisotopic (exact) mass is 294 g/mol. The molecule has 4 nitrogen and oxygen atoms in total. The number of aromatic nitrogens is 3. The summed E-state index contributed by atoms with van der Waals surface area (Å²) < 4.78 is 0. The molecule has 0 radical (unpaired) electrons. The van der Waals surface area contributed by atoms with Crippen LogP contribution < -0.4 is 4.90 Å². The Morgan fingerprint density at radius 2 is 1.90 bits per heavy atom. The van der Waals surface area contributed by atoms with E-state index in [9.17, 15) is 0 Å². The van der Waals surface area contributed by atoms with Gasteiger partial charge in [-0.15, -0.1) is 11.3 Å². The van der Waals surface area contributed by atoms with Crippen LogP contribution in [0.5, 0.6) is 0 Å². The lowest BCUT2D eigenvalue weighted by Gasteiger charge is -2.29. The molecule has 1 aromatic carbocycles. The van der Waals surface area contributed by atoms with Gasteiger partial charge in [-0.2, -0.15) is 0 Å². The number of hydrogen-bond acceptors (Lipinski definition) is 5. The predicted octanol–water partition coefficient (Wildman–Crippen LogP) is 3.16. The highest BCUT2D eigenvalue weighted by Crippen LogP contribution is 2.25. The molecule has 0 amide bonds. The number of hydrogen-bond donors (Lipinski definition) is 0. The van der Waals surface area contributed by atoms with Crippen LogP contribution >= 0.6 is 11.3 Å². The summed E-state index contributed by atoms with van der Waals surface area (Å²) in [5.74, 6) is 1.69. The van der Waals surface area contributed by atoms with Crippen molar-refractivity contribution in [3.8, 4) is 10.8 Å². The third-order valence-corrected chi connectivity index (χ3v) is 4.49. The second-order valence-corrected chi connectivity index (χ2v) is 5.91. The molecule has 2 aromatic heterocycles. The van der Waals surface area contributed by atoms with E-state index in [-0.39, 0.29) is 0 Å². The van der Waals surface area contributed by atoms with Gasteiger partial charge in [-0.3, -0.25) is 0 Å². The highest BCUT2D eigenvalue weighted by Gasteiger charge is 2.17. The van der Waals surface area contributed by atoms with Crippen LogP contribution in [0.25, 0.3) is 10.8 Å². The first kappa shape index (κ1) is 12.5. The molecule has 0 N–H and O–H groups in total.